The number of hydrogen-bond acceptors (Lipinski definition) is 4. The van der Waals surface area contributed by atoms with Crippen molar-refractivity contribution in [2.75, 3.05) is 20.8 Å². The van der Waals surface area contributed by atoms with Crippen LogP contribution in [0.4, 0.5) is 0 Å². The average molecular weight is 349 g/mol. The van der Waals surface area contributed by atoms with Gasteiger partial charge >= 0.3 is 0 Å². The molecular weight excluding hydrogens is 326 g/mol. The number of benzene rings is 2. The molecule has 5 nitrogen and oxygen atoms in total. The van der Waals surface area contributed by atoms with Crippen molar-refractivity contribution in [2.45, 2.75) is 23.8 Å². The van der Waals surface area contributed by atoms with Crippen LogP contribution in [0.2, 0.25) is 0 Å². The summed E-state index contributed by atoms with van der Waals surface area (Å²) in [5.74, 6) is 0.309. The van der Waals surface area contributed by atoms with Gasteiger partial charge in [0, 0.05) is 13.7 Å². The molecule has 2 aromatic rings. The molecule has 0 aliphatic heterocycles. The molecule has 130 valence electrons. The summed E-state index contributed by atoms with van der Waals surface area (Å²) in [5, 5.41) is 0. The Morgan fingerprint density at radius 2 is 1.62 bits per heavy atom. The molecule has 6 heteroatoms. The smallest absolute Gasteiger partial charge is 0.244 e. The van der Waals surface area contributed by atoms with Gasteiger partial charge in [0.2, 0.25) is 10.0 Å². The van der Waals surface area contributed by atoms with Crippen LogP contribution in [0.3, 0.4) is 0 Å². The molecule has 1 N–H and O–H groups in total. The molecule has 0 aromatic heterocycles. The molecule has 0 spiro atoms. The number of sulfonamides is 1. The molecule has 0 saturated carbocycles. The summed E-state index contributed by atoms with van der Waals surface area (Å²) >= 11 is 0. The number of hydrogen-bond donors (Lipinski definition) is 1. The van der Waals surface area contributed by atoms with E-state index >= 15 is 0 Å². The third kappa shape index (κ3) is 3.77. The fraction of sp³-hybridized carbons (Fsp3) is 0.333. The van der Waals surface area contributed by atoms with Crippen LogP contribution in [0.1, 0.15) is 18.9 Å². The highest BCUT2D eigenvalue weighted by Gasteiger charge is 2.32. The van der Waals surface area contributed by atoms with Crippen molar-refractivity contribution in [1.29, 1.82) is 0 Å². The third-order valence-electron chi connectivity index (χ3n) is 4.17. The lowest BCUT2D eigenvalue weighted by molar-refractivity contribution is -0.0133. The van der Waals surface area contributed by atoms with Crippen molar-refractivity contribution in [3.8, 4) is 5.75 Å². The normalized spacial score (nSPS) is 14.1. The van der Waals surface area contributed by atoms with Crippen LogP contribution >= 0.6 is 0 Å². The highest BCUT2D eigenvalue weighted by molar-refractivity contribution is 7.89. The van der Waals surface area contributed by atoms with E-state index in [0.717, 1.165) is 5.56 Å². The van der Waals surface area contributed by atoms with E-state index in [0.29, 0.717) is 12.2 Å². The molecule has 0 bridgehead atoms. The van der Waals surface area contributed by atoms with Crippen molar-refractivity contribution in [1.82, 2.24) is 4.72 Å². The third-order valence-corrected chi connectivity index (χ3v) is 5.61. The molecular formula is C18H23NO4S. The van der Waals surface area contributed by atoms with E-state index in [9.17, 15) is 8.42 Å². The number of para-hydroxylation sites is 1. The van der Waals surface area contributed by atoms with Crippen molar-refractivity contribution in [3.05, 3.63) is 60.2 Å². The van der Waals surface area contributed by atoms with Gasteiger partial charge in [-0.25, -0.2) is 13.1 Å². The van der Waals surface area contributed by atoms with Crippen LogP contribution in [0.5, 0.6) is 5.75 Å². The van der Waals surface area contributed by atoms with Crippen LogP contribution in [0.25, 0.3) is 0 Å². The SMILES string of the molecule is CC[C@](CNS(=O)(=O)c1ccccc1OC)(OC)c1ccccc1. The Morgan fingerprint density at radius 3 is 2.21 bits per heavy atom. The number of methoxy groups -OCH3 is 2. The molecule has 0 radical (unpaired) electrons. The van der Waals surface area contributed by atoms with Crippen LogP contribution in [0, 0.1) is 0 Å². The van der Waals surface area contributed by atoms with E-state index in [4.69, 9.17) is 9.47 Å². The number of ether oxygens (including phenoxy) is 2. The van der Waals surface area contributed by atoms with Crippen molar-refractivity contribution in [3.63, 3.8) is 0 Å². The zero-order valence-corrected chi connectivity index (χ0v) is 15.0. The zero-order valence-electron chi connectivity index (χ0n) is 14.2. The fourth-order valence-corrected chi connectivity index (χ4v) is 3.89. The minimum atomic E-state index is -3.72. The quantitative estimate of drug-likeness (QED) is 0.796. The first-order valence-corrected chi connectivity index (χ1v) is 9.21. The predicted octanol–water partition coefficient (Wildman–Crippen LogP) is 2.93. The van der Waals surface area contributed by atoms with Gasteiger partial charge < -0.3 is 9.47 Å². The summed E-state index contributed by atoms with van der Waals surface area (Å²) in [4.78, 5) is 0.113. The minimum absolute atomic E-state index is 0.113. The highest BCUT2D eigenvalue weighted by atomic mass is 32.2. The van der Waals surface area contributed by atoms with Gasteiger partial charge in [0.25, 0.3) is 0 Å². The summed E-state index contributed by atoms with van der Waals surface area (Å²) in [6, 6.07) is 16.1. The van der Waals surface area contributed by atoms with Gasteiger partial charge in [-0.05, 0) is 24.1 Å². The van der Waals surface area contributed by atoms with Crippen molar-refractivity contribution >= 4 is 10.0 Å². The van der Waals surface area contributed by atoms with Gasteiger partial charge in [0.05, 0.1) is 7.11 Å². The van der Waals surface area contributed by atoms with E-state index in [-0.39, 0.29) is 11.4 Å². The van der Waals surface area contributed by atoms with Gasteiger partial charge in [-0.15, -0.1) is 0 Å². The van der Waals surface area contributed by atoms with Crippen molar-refractivity contribution in [2.24, 2.45) is 0 Å². The Hall–Kier alpha value is -1.89. The molecule has 0 aliphatic carbocycles. The lowest BCUT2D eigenvalue weighted by atomic mass is 9.91. The Kier molecular flexibility index (Phi) is 5.99. The number of nitrogens with one attached hydrogen (secondary N) is 1. The molecule has 0 saturated heterocycles. The highest BCUT2D eigenvalue weighted by Crippen LogP contribution is 2.29. The summed E-state index contributed by atoms with van der Waals surface area (Å²) < 4.78 is 38.9. The summed E-state index contributed by atoms with van der Waals surface area (Å²) in [7, 11) is -0.680. The minimum Gasteiger partial charge on any atom is -0.495 e. The summed E-state index contributed by atoms with van der Waals surface area (Å²) in [6.45, 7) is 2.10. The Bertz CT molecular complexity index is 756. The Labute approximate surface area is 143 Å². The molecule has 0 aliphatic rings. The van der Waals surface area contributed by atoms with Gasteiger partial charge in [0.15, 0.2) is 0 Å². The van der Waals surface area contributed by atoms with Crippen LogP contribution < -0.4 is 9.46 Å². The van der Waals surface area contributed by atoms with Crippen molar-refractivity contribution < 1.29 is 17.9 Å². The first-order valence-electron chi connectivity index (χ1n) is 7.72. The van der Waals surface area contributed by atoms with E-state index < -0.39 is 15.6 Å². The summed E-state index contributed by atoms with van der Waals surface area (Å²) in [6.07, 6.45) is 0.627. The second-order valence-electron chi connectivity index (χ2n) is 5.39. The summed E-state index contributed by atoms with van der Waals surface area (Å²) in [5.41, 5.74) is 0.203. The Morgan fingerprint density at radius 1 is 1.00 bits per heavy atom. The van der Waals surface area contributed by atoms with E-state index in [2.05, 4.69) is 4.72 Å². The van der Waals surface area contributed by atoms with Gasteiger partial charge in [-0.1, -0.05) is 49.4 Å². The molecule has 2 rings (SSSR count). The lowest BCUT2D eigenvalue weighted by Gasteiger charge is -2.32. The molecule has 0 amide bonds. The topological polar surface area (TPSA) is 64.6 Å². The largest absolute Gasteiger partial charge is 0.495 e. The Balaban J connectivity index is 2.29. The van der Waals surface area contributed by atoms with Crippen LogP contribution in [-0.2, 0) is 20.4 Å². The van der Waals surface area contributed by atoms with Crippen LogP contribution in [0.15, 0.2) is 59.5 Å². The second-order valence-corrected chi connectivity index (χ2v) is 7.13. The molecule has 24 heavy (non-hydrogen) atoms. The molecule has 2 aromatic carbocycles. The molecule has 0 unspecified atom stereocenters. The van der Waals surface area contributed by atoms with Gasteiger partial charge in [0.1, 0.15) is 16.2 Å². The molecule has 0 heterocycles. The molecule has 1 atom stereocenters. The molecule has 0 fully saturated rings. The maximum absolute atomic E-state index is 12.7. The lowest BCUT2D eigenvalue weighted by Crippen LogP contribution is -2.41. The van der Waals surface area contributed by atoms with Gasteiger partial charge in [-0.2, -0.15) is 0 Å². The van der Waals surface area contributed by atoms with E-state index in [1.165, 1.54) is 13.2 Å². The first kappa shape index (κ1) is 18.4. The zero-order chi connectivity index (χ0) is 17.6. The van der Waals surface area contributed by atoms with Crippen LogP contribution in [-0.4, -0.2) is 29.2 Å². The average Bonchev–Trinajstić information content (AvgIpc) is 2.64. The number of rotatable bonds is 8. The predicted molar refractivity (Wildman–Crippen MR) is 93.6 cm³/mol. The first-order chi connectivity index (χ1) is 11.5. The second kappa shape index (κ2) is 7.79. The monoisotopic (exact) mass is 349 g/mol. The maximum atomic E-state index is 12.7. The van der Waals surface area contributed by atoms with E-state index in [1.54, 1.807) is 25.3 Å². The van der Waals surface area contributed by atoms with E-state index in [1.807, 2.05) is 37.3 Å². The van der Waals surface area contributed by atoms with Gasteiger partial charge in [-0.3, -0.25) is 0 Å². The maximum Gasteiger partial charge on any atom is 0.244 e. The fourth-order valence-electron chi connectivity index (χ4n) is 2.64. The standard InChI is InChI=1S/C18H23NO4S/c1-4-18(23-3,15-10-6-5-7-11-15)14-19-24(20,21)17-13-9-8-12-16(17)22-2/h5-13,19H,4,14H2,1-3H3/t18-/m1/s1.